The SMILES string of the molecule is CCNC1CC(c2ccc(S(=O)(=O)C(F)F)cc2)C1. The smallest absolute Gasteiger partial charge is 0.314 e. The normalized spacial score (nSPS) is 23.4. The predicted octanol–water partition coefficient (Wildman–Crippen LogP) is 2.54. The summed E-state index contributed by atoms with van der Waals surface area (Å²) in [4.78, 5) is -0.311. The lowest BCUT2D eigenvalue weighted by molar-refractivity contribution is 0.234. The van der Waals surface area contributed by atoms with Crippen LogP contribution in [-0.4, -0.2) is 26.8 Å². The highest BCUT2D eigenvalue weighted by molar-refractivity contribution is 7.91. The van der Waals surface area contributed by atoms with E-state index in [4.69, 9.17) is 0 Å². The van der Waals surface area contributed by atoms with Gasteiger partial charge >= 0.3 is 5.76 Å². The Kier molecular flexibility index (Phi) is 4.20. The minimum absolute atomic E-state index is 0.311. The Bertz CT molecular complexity index is 522. The van der Waals surface area contributed by atoms with Gasteiger partial charge in [0.05, 0.1) is 4.90 Å². The van der Waals surface area contributed by atoms with Crippen molar-refractivity contribution >= 4 is 9.84 Å². The van der Waals surface area contributed by atoms with Crippen LogP contribution >= 0.6 is 0 Å². The summed E-state index contributed by atoms with van der Waals surface area (Å²) in [6.45, 7) is 2.99. The van der Waals surface area contributed by atoms with Crippen molar-refractivity contribution in [1.82, 2.24) is 5.32 Å². The Hall–Kier alpha value is -1.01. The second kappa shape index (κ2) is 5.54. The third-order valence-corrected chi connectivity index (χ3v) is 4.94. The topological polar surface area (TPSA) is 46.2 Å². The zero-order valence-corrected chi connectivity index (χ0v) is 11.5. The summed E-state index contributed by atoms with van der Waals surface area (Å²) in [7, 11) is -4.47. The Balaban J connectivity index is 2.05. The Morgan fingerprint density at radius 3 is 2.32 bits per heavy atom. The number of hydrogen-bond donors (Lipinski definition) is 1. The monoisotopic (exact) mass is 289 g/mol. The number of rotatable bonds is 5. The molecular formula is C13H17F2NO2S. The van der Waals surface area contributed by atoms with Crippen molar-refractivity contribution in [3.8, 4) is 0 Å². The molecule has 1 aromatic rings. The lowest BCUT2D eigenvalue weighted by Gasteiger charge is -2.36. The van der Waals surface area contributed by atoms with Gasteiger partial charge in [0.1, 0.15) is 0 Å². The van der Waals surface area contributed by atoms with Gasteiger partial charge in [-0.3, -0.25) is 0 Å². The maximum atomic E-state index is 12.4. The molecule has 106 valence electrons. The van der Waals surface area contributed by atoms with Crippen LogP contribution in [0.4, 0.5) is 8.78 Å². The summed E-state index contributed by atoms with van der Waals surface area (Å²) in [6, 6.07) is 6.35. The molecule has 0 unspecified atom stereocenters. The summed E-state index contributed by atoms with van der Waals surface area (Å²) in [5.74, 6) is -2.97. The fraction of sp³-hybridized carbons (Fsp3) is 0.538. The van der Waals surface area contributed by atoms with Gasteiger partial charge in [0.25, 0.3) is 0 Å². The van der Waals surface area contributed by atoms with Gasteiger partial charge in [0.2, 0.25) is 9.84 Å². The van der Waals surface area contributed by atoms with Crippen molar-refractivity contribution in [2.24, 2.45) is 0 Å². The zero-order chi connectivity index (χ0) is 14.0. The highest BCUT2D eigenvalue weighted by Crippen LogP contribution is 2.37. The first kappa shape index (κ1) is 14.4. The van der Waals surface area contributed by atoms with Crippen molar-refractivity contribution in [3.05, 3.63) is 29.8 Å². The third-order valence-electron chi connectivity index (χ3n) is 3.55. The van der Waals surface area contributed by atoms with Gasteiger partial charge in [-0.25, -0.2) is 8.42 Å². The molecule has 0 aromatic heterocycles. The average Bonchev–Trinajstić information content (AvgIpc) is 2.33. The second-order valence-electron chi connectivity index (χ2n) is 4.80. The van der Waals surface area contributed by atoms with Crippen molar-refractivity contribution in [1.29, 1.82) is 0 Å². The fourth-order valence-corrected chi connectivity index (χ4v) is 3.10. The van der Waals surface area contributed by atoms with E-state index >= 15 is 0 Å². The summed E-state index contributed by atoms with van der Waals surface area (Å²) in [5, 5.41) is 3.34. The molecule has 1 saturated carbocycles. The molecule has 1 fully saturated rings. The molecule has 2 rings (SSSR count). The van der Waals surface area contributed by atoms with E-state index in [0.717, 1.165) is 24.9 Å². The Labute approximate surface area is 111 Å². The van der Waals surface area contributed by atoms with E-state index in [1.54, 1.807) is 12.1 Å². The minimum atomic E-state index is -4.47. The number of halogens is 2. The molecule has 0 saturated heterocycles. The van der Waals surface area contributed by atoms with Crippen LogP contribution in [0.25, 0.3) is 0 Å². The van der Waals surface area contributed by atoms with E-state index in [0.29, 0.717) is 12.0 Å². The largest absolute Gasteiger partial charge is 0.341 e. The van der Waals surface area contributed by atoms with Gasteiger partial charge in [0.15, 0.2) is 0 Å². The van der Waals surface area contributed by atoms with Crippen LogP contribution in [0.3, 0.4) is 0 Å². The number of hydrogen-bond acceptors (Lipinski definition) is 3. The Morgan fingerprint density at radius 1 is 1.26 bits per heavy atom. The first-order chi connectivity index (χ1) is 8.95. The number of alkyl halides is 2. The fourth-order valence-electron chi connectivity index (χ4n) is 2.38. The van der Waals surface area contributed by atoms with Crippen molar-refractivity contribution in [2.45, 2.75) is 42.4 Å². The third kappa shape index (κ3) is 2.95. The van der Waals surface area contributed by atoms with E-state index < -0.39 is 15.6 Å². The molecule has 0 bridgehead atoms. The van der Waals surface area contributed by atoms with E-state index in [-0.39, 0.29) is 4.90 Å². The molecule has 0 spiro atoms. The lowest BCUT2D eigenvalue weighted by Crippen LogP contribution is -2.39. The van der Waals surface area contributed by atoms with Gasteiger partial charge in [-0.1, -0.05) is 19.1 Å². The lowest BCUT2D eigenvalue weighted by atomic mass is 9.76. The molecule has 0 radical (unpaired) electrons. The number of sulfone groups is 1. The van der Waals surface area contributed by atoms with E-state index in [1.807, 2.05) is 0 Å². The molecule has 19 heavy (non-hydrogen) atoms. The van der Waals surface area contributed by atoms with Crippen LogP contribution in [0, 0.1) is 0 Å². The van der Waals surface area contributed by atoms with Crippen LogP contribution in [0.15, 0.2) is 29.2 Å². The van der Waals surface area contributed by atoms with Crippen molar-refractivity contribution in [3.63, 3.8) is 0 Å². The molecule has 6 heteroatoms. The average molecular weight is 289 g/mol. The molecule has 0 aliphatic heterocycles. The van der Waals surface area contributed by atoms with Crippen LogP contribution < -0.4 is 5.32 Å². The highest BCUT2D eigenvalue weighted by Gasteiger charge is 2.30. The summed E-state index contributed by atoms with van der Waals surface area (Å²) < 4.78 is 47.3. The molecule has 0 heterocycles. The molecule has 3 nitrogen and oxygen atoms in total. The second-order valence-corrected chi connectivity index (χ2v) is 6.72. The van der Waals surface area contributed by atoms with Crippen LogP contribution in [0.5, 0.6) is 0 Å². The van der Waals surface area contributed by atoms with Crippen molar-refractivity contribution < 1.29 is 17.2 Å². The molecular weight excluding hydrogens is 272 g/mol. The first-order valence-corrected chi connectivity index (χ1v) is 7.85. The zero-order valence-electron chi connectivity index (χ0n) is 10.6. The van der Waals surface area contributed by atoms with E-state index in [2.05, 4.69) is 12.2 Å². The van der Waals surface area contributed by atoms with Crippen LogP contribution in [-0.2, 0) is 9.84 Å². The van der Waals surface area contributed by atoms with Gasteiger partial charge in [0, 0.05) is 6.04 Å². The maximum Gasteiger partial charge on any atom is 0.341 e. The van der Waals surface area contributed by atoms with Gasteiger partial charge in [-0.05, 0) is 43.0 Å². The molecule has 1 N–H and O–H groups in total. The van der Waals surface area contributed by atoms with Crippen LogP contribution in [0.1, 0.15) is 31.2 Å². The molecule has 1 aliphatic carbocycles. The van der Waals surface area contributed by atoms with E-state index in [1.165, 1.54) is 12.1 Å². The van der Waals surface area contributed by atoms with Crippen molar-refractivity contribution in [2.75, 3.05) is 6.54 Å². The highest BCUT2D eigenvalue weighted by atomic mass is 32.2. The number of nitrogens with one attached hydrogen (secondary N) is 1. The van der Waals surface area contributed by atoms with Gasteiger partial charge in [-0.15, -0.1) is 0 Å². The maximum absolute atomic E-state index is 12.4. The molecule has 0 atom stereocenters. The summed E-state index contributed by atoms with van der Waals surface area (Å²) in [5.41, 5.74) is 1.02. The van der Waals surface area contributed by atoms with Crippen LogP contribution in [0.2, 0.25) is 0 Å². The van der Waals surface area contributed by atoms with Gasteiger partial charge in [-0.2, -0.15) is 8.78 Å². The summed E-state index contributed by atoms with van der Waals surface area (Å²) in [6.07, 6.45) is 2.02. The first-order valence-electron chi connectivity index (χ1n) is 6.30. The van der Waals surface area contributed by atoms with E-state index in [9.17, 15) is 17.2 Å². The Morgan fingerprint density at radius 2 is 1.84 bits per heavy atom. The predicted molar refractivity (Wildman–Crippen MR) is 69.1 cm³/mol. The summed E-state index contributed by atoms with van der Waals surface area (Å²) >= 11 is 0. The number of benzene rings is 1. The standard InChI is InChI=1S/C13H17F2NO2S/c1-2-16-11-7-10(8-11)9-3-5-12(6-4-9)19(17,18)13(14)15/h3-6,10-11,13,16H,2,7-8H2,1H3. The minimum Gasteiger partial charge on any atom is -0.314 e. The molecule has 0 amide bonds. The van der Waals surface area contributed by atoms with Gasteiger partial charge < -0.3 is 5.32 Å². The molecule has 1 aromatic carbocycles. The molecule has 1 aliphatic rings. The quantitative estimate of drug-likeness (QED) is 0.906.